The van der Waals surface area contributed by atoms with Crippen LogP contribution >= 0.6 is 11.6 Å². The van der Waals surface area contributed by atoms with E-state index in [-0.39, 0.29) is 5.56 Å². The summed E-state index contributed by atoms with van der Waals surface area (Å²) in [5, 5.41) is 6.94. The second-order valence-corrected chi connectivity index (χ2v) is 6.75. The van der Waals surface area contributed by atoms with Gasteiger partial charge in [0, 0.05) is 22.5 Å². The summed E-state index contributed by atoms with van der Waals surface area (Å²) in [5.74, 6) is 1.68. The number of ether oxygens (including phenoxy) is 1. The number of aromatic nitrogens is 2. The van der Waals surface area contributed by atoms with Gasteiger partial charge in [-0.25, -0.2) is 9.98 Å². The summed E-state index contributed by atoms with van der Waals surface area (Å²) < 4.78 is 6.71. The molecule has 0 saturated carbocycles. The molecule has 0 spiro atoms. The molecule has 1 atom stereocenters. The van der Waals surface area contributed by atoms with Crippen LogP contribution in [0, 0.1) is 6.92 Å². The SMILES string of the molecule is COc1ccc(NC2=NC(c3ccc(Cl)cc3)n3c(nc(C)cc3=O)N2)cc1. The van der Waals surface area contributed by atoms with Crippen LogP contribution in [-0.2, 0) is 0 Å². The lowest BCUT2D eigenvalue weighted by atomic mass is 10.1. The Kier molecular flexibility index (Phi) is 4.75. The number of aryl methyl sites for hydroxylation is 1. The smallest absolute Gasteiger partial charge is 0.257 e. The van der Waals surface area contributed by atoms with Crippen LogP contribution in [0.3, 0.4) is 0 Å². The molecule has 28 heavy (non-hydrogen) atoms. The molecule has 0 aliphatic carbocycles. The fourth-order valence-corrected chi connectivity index (χ4v) is 3.11. The minimum Gasteiger partial charge on any atom is -0.497 e. The van der Waals surface area contributed by atoms with Gasteiger partial charge in [0.2, 0.25) is 11.9 Å². The highest BCUT2D eigenvalue weighted by Crippen LogP contribution is 2.27. The molecular weight excluding hydrogens is 378 g/mol. The largest absolute Gasteiger partial charge is 0.497 e. The average molecular weight is 396 g/mol. The lowest BCUT2D eigenvalue weighted by molar-refractivity contribution is 0.415. The van der Waals surface area contributed by atoms with Gasteiger partial charge in [-0.15, -0.1) is 0 Å². The maximum Gasteiger partial charge on any atom is 0.257 e. The van der Waals surface area contributed by atoms with Crippen LogP contribution in [0.5, 0.6) is 5.75 Å². The highest BCUT2D eigenvalue weighted by molar-refractivity contribution is 6.30. The number of hydrogen-bond acceptors (Lipinski definition) is 6. The topological polar surface area (TPSA) is 80.5 Å². The van der Waals surface area contributed by atoms with E-state index in [1.165, 1.54) is 10.6 Å². The Morgan fingerprint density at radius 1 is 1.14 bits per heavy atom. The summed E-state index contributed by atoms with van der Waals surface area (Å²) in [6, 6.07) is 16.2. The number of aliphatic imine (C=N–C) groups is 1. The van der Waals surface area contributed by atoms with E-state index in [2.05, 4.69) is 15.6 Å². The lowest BCUT2D eigenvalue weighted by Gasteiger charge is -2.27. The molecule has 0 radical (unpaired) electrons. The Bertz CT molecular complexity index is 1090. The van der Waals surface area contributed by atoms with Gasteiger partial charge in [-0.1, -0.05) is 23.7 Å². The maximum atomic E-state index is 12.6. The number of guanidine groups is 1. The molecule has 2 N–H and O–H groups in total. The van der Waals surface area contributed by atoms with Gasteiger partial charge in [0.05, 0.1) is 7.11 Å². The molecule has 2 heterocycles. The van der Waals surface area contributed by atoms with Crippen LogP contribution in [0.2, 0.25) is 5.02 Å². The quantitative estimate of drug-likeness (QED) is 0.707. The minimum absolute atomic E-state index is 0.179. The van der Waals surface area contributed by atoms with Gasteiger partial charge >= 0.3 is 0 Å². The highest BCUT2D eigenvalue weighted by Gasteiger charge is 2.25. The summed E-state index contributed by atoms with van der Waals surface area (Å²) in [6.45, 7) is 1.78. The molecule has 4 rings (SSSR count). The zero-order valence-corrected chi connectivity index (χ0v) is 16.1. The van der Waals surface area contributed by atoms with Crippen molar-refractivity contribution in [3.8, 4) is 5.75 Å². The number of anilines is 2. The number of hydrogen-bond donors (Lipinski definition) is 2. The van der Waals surface area contributed by atoms with Crippen molar-refractivity contribution in [1.82, 2.24) is 9.55 Å². The van der Waals surface area contributed by atoms with E-state index in [1.807, 2.05) is 36.4 Å². The van der Waals surface area contributed by atoms with Crippen molar-refractivity contribution < 1.29 is 4.74 Å². The molecule has 0 bridgehead atoms. The molecule has 1 aliphatic heterocycles. The Morgan fingerprint density at radius 3 is 2.54 bits per heavy atom. The van der Waals surface area contributed by atoms with Crippen molar-refractivity contribution in [3.05, 3.63) is 81.2 Å². The molecule has 0 amide bonds. The first-order chi connectivity index (χ1) is 13.5. The van der Waals surface area contributed by atoms with Gasteiger partial charge in [-0.2, -0.15) is 0 Å². The van der Waals surface area contributed by atoms with Gasteiger partial charge in [-0.3, -0.25) is 14.7 Å². The first-order valence-corrected chi connectivity index (χ1v) is 9.03. The molecular formula is C20H18ClN5O2. The van der Waals surface area contributed by atoms with Crippen molar-refractivity contribution in [2.45, 2.75) is 13.1 Å². The molecule has 2 aromatic carbocycles. The van der Waals surface area contributed by atoms with Crippen molar-refractivity contribution >= 4 is 29.2 Å². The third-order valence-corrected chi connectivity index (χ3v) is 4.58. The van der Waals surface area contributed by atoms with Crippen molar-refractivity contribution in [2.75, 3.05) is 17.7 Å². The Labute approximate surface area is 166 Å². The second-order valence-electron chi connectivity index (χ2n) is 6.31. The van der Waals surface area contributed by atoms with Crippen LogP contribution in [0.15, 0.2) is 64.4 Å². The summed E-state index contributed by atoms with van der Waals surface area (Å²) in [5.41, 5.74) is 2.10. The molecule has 8 heteroatoms. The summed E-state index contributed by atoms with van der Waals surface area (Å²) in [6.07, 6.45) is -0.560. The van der Waals surface area contributed by atoms with E-state index >= 15 is 0 Å². The number of rotatable bonds is 3. The Hall–Kier alpha value is -3.32. The number of nitrogens with zero attached hydrogens (tertiary/aromatic N) is 3. The molecule has 1 unspecified atom stereocenters. The average Bonchev–Trinajstić information content (AvgIpc) is 2.68. The van der Waals surface area contributed by atoms with Gasteiger partial charge in [0.15, 0.2) is 6.17 Å². The van der Waals surface area contributed by atoms with Gasteiger partial charge in [0.1, 0.15) is 5.75 Å². The zero-order chi connectivity index (χ0) is 19.7. The summed E-state index contributed by atoms with van der Waals surface area (Å²) in [4.78, 5) is 21.8. The van der Waals surface area contributed by atoms with Crippen molar-refractivity contribution in [2.24, 2.45) is 4.99 Å². The fraction of sp³-hybridized carbons (Fsp3) is 0.150. The first kappa shape index (κ1) is 18.1. The summed E-state index contributed by atoms with van der Waals surface area (Å²) in [7, 11) is 1.62. The number of benzene rings is 2. The predicted octanol–water partition coefficient (Wildman–Crippen LogP) is 3.65. The fourth-order valence-electron chi connectivity index (χ4n) is 2.98. The standard InChI is InChI=1S/C20H18ClN5O2/c1-12-11-17(27)26-18(13-3-5-14(21)6-4-13)24-19(25-20(26)22-12)23-15-7-9-16(28-2)10-8-15/h3-11,18H,1-2H3,(H2,22,23,24,25). The molecule has 1 aromatic heterocycles. The van der Waals surface area contributed by atoms with E-state index < -0.39 is 6.17 Å². The number of methoxy groups -OCH3 is 1. The zero-order valence-electron chi connectivity index (χ0n) is 15.3. The van der Waals surface area contributed by atoms with Gasteiger partial charge < -0.3 is 10.1 Å². The number of nitrogens with one attached hydrogen (secondary N) is 2. The van der Waals surface area contributed by atoms with Crippen molar-refractivity contribution in [3.63, 3.8) is 0 Å². The van der Waals surface area contributed by atoms with Gasteiger partial charge in [0.25, 0.3) is 5.56 Å². The molecule has 7 nitrogen and oxygen atoms in total. The van der Waals surface area contributed by atoms with E-state index in [9.17, 15) is 4.79 Å². The van der Waals surface area contributed by atoms with Crippen molar-refractivity contribution in [1.29, 1.82) is 0 Å². The lowest BCUT2D eigenvalue weighted by Crippen LogP contribution is -2.37. The third-order valence-electron chi connectivity index (χ3n) is 4.33. The van der Waals surface area contributed by atoms with Crippen LogP contribution in [0.4, 0.5) is 11.6 Å². The molecule has 142 valence electrons. The summed E-state index contributed by atoms with van der Waals surface area (Å²) >= 11 is 6.01. The van der Waals surface area contributed by atoms with E-state index in [0.717, 1.165) is 17.0 Å². The normalized spacial score (nSPS) is 15.2. The highest BCUT2D eigenvalue weighted by atomic mass is 35.5. The monoisotopic (exact) mass is 395 g/mol. The van der Waals surface area contributed by atoms with Crippen LogP contribution < -0.4 is 20.9 Å². The first-order valence-electron chi connectivity index (χ1n) is 8.65. The number of halogens is 1. The predicted molar refractivity (Wildman–Crippen MR) is 110 cm³/mol. The second kappa shape index (κ2) is 7.36. The van der Waals surface area contributed by atoms with E-state index in [4.69, 9.17) is 21.3 Å². The maximum absolute atomic E-state index is 12.6. The van der Waals surface area contributed by atoms with E-state index in [1.54, 1.807) is 26.2 Å². The van der Waals surface area contributed by atoms with Crippen LogP contribution in [0.25, 0.3) is 0 Å². The van der Waals surface area contributed by atoms with E-state index in [0.29, 0.717) is 22.6 Å². The minimum atomic E-state index is -0.560. The van der Waals surface area contributed by atoms with Gasteiger partial charge in [-0.05, 0) is 48.9 Å². The Morgan fingerprint density at radius 2 is 1.86 bits per heavy atom. The third kappa shape index (κ3) is 3.57. The van der Waals surface area contributed by atoms with Crippen LogP contribution in [-0.4, -0.2) is 22.6 Å². The molecule has 1 aliphatic rings. The number of fused-ring (bicyclic) bond motifs is 1. The van der Waals surface area contributed by atoms with Crippen LogP contribution in [0.1, 0.15) is 17.4 Å². The molecule has 3 aromatic rings. The Balaban J connectivity index is 1.75. The molecule has 0 fully saturated rings. The molecule has 0 saturated heterocycles.